The first kappa shape index (κ1) is 11.9. The molecule has 84 valence electrons. The van der Waals surface area contributed by atoms with E-state index < -0.39 is 0 Å². The van der Waals surface area contributed by atoms with E-state index in [1.54, 1.807) is 0 Å². The molecule has 0 radical (unpaired) electrons. The first-order chi connectivity index (χ1) is 6.65. The molecule has 14 heavy (non-hydrogen) atoms. The van der Waals surface area contributed by atoms with Crippen LogP contribution < -0.4 is 11.3 Å². The fraction of sp³-hybridized carbons (Fsp3) is 1.00. The molecule has 0 bridgehead atoms. The quantitative estimate of drug-likeness (QED) is 0.508. The Kier molecular flexibility index (Phi) is 4.81. The van der Waals surface area contributed by atoms with Gasteiger partial charge in [0.05, 0.1) is 24.9 Å². The molecule has 0 saturated carbocycles. The summed E-state index contributed by atoms with van der Waals surface area (Å²) in [5, 5.41) is 0. The van der Waals surface area contributed by atoms with Crippen LogP contribution in [0.5, 0.6) is 0 Å². The van der Waals surface area contributed by atoms with E-state index in [4.69, 9.17) is 15.3 Å². The lowest BCUT2D eigenvalue weighted by molar-refractivity contribution is -0.00139. The molecule has 0 spiro atoms. The van der Waals surface area contributed by atoms with E-state index in [0.717, 1.165) is 13.0 Å². The molecule has 0 aromatic carbocycles. The number of rotatable bonds is 5. The number of hydrogen-bond donors (Lipinski definition) is 2. The molecule has 1 fully saturated rings. The van der Waals surface area contributed by atoms with Crippen molar-refractivity contribution in [3.63, 3.8) is 0 Å². The molecule has 0 aliphatic carbocycles. The predicted molar refractivity (Wildman–Crippen MR) is 55.7 cm³/mol. The van der Waals surface area contributed by atoms with E-state index in [1.807, 2.05) is 13.8 Å². The van der Waals surface area contributed by atoms with Crippen molar-refractivity contribution in [2.24, 2.45) is 11.8 Å². The van der Waals surface area contributed by atoms with Crippen molar-refractivity contribution in [2.75, 3.05) is 13.2 Å². The van der Waals surface area contributed by atoms with Crippen molar-refractivity contribution >= 4 is 0 Å². The zero-order valence-electron chi connectivity index (χ0n) is 9.32. The van der Waals surface area contributed by atoms with Gasteiger partial charge in [-0.25, -0.2) is 0 Å². The monoisotopic (exact) mass is 202 g/mol. The van der Waals surface area contributed by atoms with Gasteiger partial charge in [0.1, 0.15) is 0 Å². The molecule has 3 unspecified atom stereocenters. The average Bonchev–Trinajstić information content (AvgIpc) is 2.53. The summed E-state index contributed by atoms with van der Waals surface area (Å²) in [6.45, 7) is 7.69. The topological polar surface area (TPSA) is 56.5 Å². The van der Waals surface area contributed by atoms with Crippen molar-refractivity contribution < 1.29 is 9.47 Å². The number of hydrogen-bond acceptors (Lipinski definition) is 4. The Labute approximate surface area is 86.1 Å². The van der Waals surface area contributed by atoms with E-state index >= 15 is 0 Å². The maximum absolute atomic E-state index is 5.63. The van der Waals surface area contributed by atoms with Gasteiger partial charge >= 0.3 is 0 Å². The molecule has 3 atom stereocenters. The van der Waals surface area contributed by atoms with Gasteiger partial charge < -0.3 is 9.47 Å². The summed E-state index contributed by atoms with van der Waals surface area (Å²) in [6.07, 6.45) is 1.55. The Morgan fingerprint density at radius 1 is 1.57 bits per heavy atom. The van der Waals surface area contributed by atoms with Gasteiger partial charge in [0.25, 0.3) is 0 Å². The lowest BCUT2D eigenvalue weighted by Crippen LogP contribution is -2.49. The summed E-state index contributed by atoms with van der Waals surface area (Å²) in [6, 6.07) is 0.106. The summed E-state index contributed by atoms with van der Waals surface area (Å²) < 4.78 is 11.2. The molecule has 1 aliphatic heterocycles. The van der Waals surface area contributed by atoms with Crippen LogP contribution in [-0.4, -0.2) is 31.5 Å². The van der Waals surface area contributed by atoms with Gasteiger partial charge in [-0.15, -0.1) is 0 Å². The molecule has 0 aromatic heterocycles. The first-order valence-electron chi connectivity index (χ1n) is 5.34. The minimum absolute atomic E-state index is 0.106. The molecule has 3 N–H and O–H groups in total. The van der Waals surface area contributed by atoms with Crippen LogP contribution in [0.25, 0.3) is 0 Å². The standard InChI is InChI=1S/C10H22N2O2/c1-7(2)14-6-9(12-11)10-8(3)4-5-13-10/h7-10,12H,4-6,11H2,1-3H3. The third-order valence-corrected chi connectivity index (χ3v) is 2.66. The molecule has 0 amide bonds. The normalized spacial score (nSPS) is 29.8. The van der Waals surface area contributed by atoms with Gasteiger partial charge in [0.2, 0.25) is 0 Å². The van der Waals surface area contributed by atoms with E-state index in [9.17, 15) is 0 Å². The molecule has 1 heterocycles. The molecule has 1 saturated heterocycles. The van der Waals surface area contributed by atoms with Gasteiger partial charge in [-0.2, -0.15) is 0 Å². The summed E-state index contributed by atoms with van der Waals surface area (Å²) in [5.74, 6) is 6.05. The number of nitrogens with one attached hydrogen (secondary N) is 1. The lowest BCUT2D eigenvalue weighted by Gasteiger charge is -2.25. The molecule has 4 nitrogen and oxygen atoms in total. The minimum atomic E-state index is 0.106. The Morgan fingerprint density at radius 2 is 2.29 bits per heavy atom. The highest BCUT2D eigenvalue weighted by molar-refractivity contribution is 4.83. The van der Waals surface area contributed by atoms with Crippen molar-refractivity contribution in [1.82, 2.24) is 5.43 Å². The van der Waals surface area contributed by atoms with Crippen LogP contribution in [0.15, 0.2) is 0 Å². The SMILES string of the molecule is CC(C)OCC(NN)C1OCCC1C. The number of hydrazine groups is 1. The summed E-state index contributed by atoms with van der Waals surface area (Å²) in [5.41, 5.74) is 2.78. The first-order valence-corrected chi connectivity index (χ1v) is 5.34. The van der Waals surface area contributed by atoms with Crippen LogP contribution in [0.3, 0.4) is 0 Å². The van der Waals surface area contributed by atoms with Crippen LogP contribution in [-0.2, 0) is 9.47 Å². The highest BCUT2D eigenvalue weighted by Gasteiger charge is 2.31. The maximum Gasteiger partial charge on any atom is 0.0790 e. The van der Waals surface area contributed by atoms with Gasteiger partial charge in [-0.1, -0.05) is 6.92 Å². The highest BCUT2D eigenvalue weighted by atomic mass is 16.5. The van der Waals surface area contributed by atoms with Crippen LogP contribution in [0.4, 0.5) is 0 Å². The smallest absolute Gasteiger partial charge is 0.0790 e. The van der Waals surface area contributed by atoms with E-state index in [2.05, 4.69) is 12.3 Å². The van der Waals surface area contributed by atoms with E-state index in [-0.39, 0.29) is 18.2 Å². The van der Waals surface area contributed by atoms with Gasteiger partial charge in [-0.3, -0.25) is 11.3 Å². The fourth-order valence-electron chi connectivity index (χ4n) is 1.77. The second kappa shape index (κ2) is 5.66. The lowest BCUT2D eigenvalue weighted by atomic mass is 9.98. The molecular weight excluding hydrogens is 180 g/mol. The van der Waals surface area contributed by atoms with Crippen molar-refractivity contribution in [3.05, 3.63) is 0 Å². The van der Waals surface area contributed by atoms with Crippen LogP contribution >= 0.6 is 0 Å². The molecule has 1 rings (SSSR count). The number of nitrogens with two attached hydrogens (primary N) is 1. The molecular formula is C10H22N2O2. The summed E-state index contributed by atoms with van der Waals surface area (Å²) in [7, 11) is 0. The largest absolute Gasteiger partial charge is 0.377 e. The van der Waals surface area contributed by atoms with E-state index in [1.165, 1.54) is 0 Å². The van der Waals surface area contributed by atoms with Gasteiger partial charge in [0, 0.05) is 6.61 Å². The van der Waals surface area contributed by atoms with Gasteiger partial charge in [-0.05, 0) is 26.2 Å². The molecule has 1 aliphatic rings. The van der Waals surface area contributed by atoms with Crippen molar-refractivity contribution in [2.45, 2.75) is 45.4 Å². The predicted octanol–water partition coefficient (Wildman–Crippen LogP) is 0.668. The average molecular weight is 202 g/mol. The maximum atomic E-state index is 5.63. The summed E-state index contributed by atoms with van der Waals surface area (Å²) in [4.78, 5) is 0. The second-order valence-electron chi connectivity index (χ2n) is 4.26. The van der Waals surface area contributed by atoms with Gasteiger partial charge in [0.15, 0.2) is 0 Å². The van der Waals surface area contributed by atoms with E-state index in [0.29, 0.717) is 12.5 Å². The Balaban J connectivity index is 2.36. The van der Waals surface area contributed by atoms with Crippen molar-refractivity contribution in [1.29, 1.82) is 0 Å². The van der Waals surface area contributed by atoms with Crippen molar-refractivity contribution in [3.8, 4) is 0 Å². The highest BCUT2D eigenvalue weighted by Crippen LogP contribution is 2.22. The number of ether oxygens (including phenoxy) is 2. The zero-order chi connectivity index (χ0) is 10.6. The second-order valence-corrected chi connectivity index (χ2v) is 4.26. The Morgan fingerprint density at radius 3 is 2.71 bits per heavy atom. The third-order valence-electron chi connectivity index (χ3n) is 2.66. The Bertz CT molecular complexity index is 164. The zero-order valence-corrected chi connectivity index (χ0v) is 9.32. The molecule has 4 heteroatoms. The third kappa shape index (κ3) is 3.20. The molecule has 0 aromatic rings. The Hall–Kier alpha value is -0.160. The fourth-order valence-corrected chi connectivity index (χ4v) is 1.77. The van der Waals surface area contributed by atoms with Crippen LogP contribution in [0, 0.1) is 5.92 Å². The van der Waals surface area contributed by atoms with Crippen LogP contribution in [0.1, 0.15) is 27.2 Å². The van der Waals surface area contributed by atoms with Crippen LogP contribution in [0.2, 0.25) is 0 Å². The minimum Gasteiger partial charge on any atom is -0.377 e. The summed E-state index contributed by atoms with van der Waals surface area (Å²) >= 11 is 0.